The van der Waals surface area contributed by atoms with E-state index in [4.69, 9.17) is 4.42 Å². The maximum Gasteiger partial charge on any atom is 0.226 e. The zero-order valence-corrected chi connectivity index (χ0v) is 18.7. The van der Waals surface area contributed by atoms with Gasteiger partial charge in [0.1, 0.15) is 18.9 Å². The second-order valence-corrected chi connectivity index (χ2v) is 6.30. The van der Waals surface area contributed by atoms with Crippen molar-refractivity contribution in [2.75, 3.05) is 7.05 Å². The molecule has 0 aliphatic rings. The van der Waals surface area contributed by atoms with Gasteiger partial charge in [-0.2, -0.15) is 5.10 Å². The SMILES string of the molecule is CN=C(NCc1ccc(-n2cncn2)cc1)NCc1coc(-c2ccccc2)n1.I. The van der Waals surface area contributed by atoms with E-state index in [9.17, 15) is 0 Å². The summed E-state index contributed by atoms with van der Waals surface area (Å²) in [5.74, 6) is 1.30. The van der Waals surface area contributed by atoms with Crippen molar-refractivity contribution in [1.29, 1.82) is 0 Å². The Morgan fingerprint density at radius 2 is 1.80 bits per heavy atom. The molecule has 0 amide bonds. The fourth-order valence-electron chi connectivity index (χ4n) is 2.79. The molecular weight excluding hydrogens is 493 g/mol. The normalized spacial score (nSPS) is 11.0. The third kappa shape index (κ3) is 5.44. The molecule has 0 radical (unpaired) electrons. The van der Waals surface area contributed by atoms with Crippen LogP contribution in [0.2, 0.25) is 0 Å². The zero-order valence-electron chi connectivity index (χ0n) is 16.4. The van der Waals surface area contributed by atoms with Crippen LogP contribution in [0.3, 0.4) is 0 Å². The molecule has 2 heterocycles. The summed E-state index contributed by atoms with van der Waals surface area (Å²) in [6, 6.07) is 17.9. The number of rotatable bonds is 6. The van der Waals surface area contributed by atoms with Crippen molar-refractivity contribution in [1.82, 2.24) is 30.4 Å². The van der Waals surface area contributed by atoms with E-state index < -0.39 is 0 Å². The fraction of sp³-hybridized carbons (Fsp3) is 0.143. The van der Waals surface area contributed by atoms with Crippen LogP contribution in [0.15, 0.2) is 82.9 Å². The average molecular weight is 515 g/mol. The monoisotopic (exact) mass is 515 g/mol. The van der Waals surface area contributed by atoms with Crippen molar-refractivity contribution in [3.63, 3.8) is 0 Å². The highest BCUT2D eigenvalue weighted by molar-refractivity contribution is 14.0. The third-order valence-corrected chi connectivity index (χ3v) is 4.31. The van der Waals surface area contributed by atoms with Gasteiger partial charge in [-0.3, -0.25) is 4.99 Å². The second kappa shape index (κ2) is 10.5. The van der Waals surface area contributed by atoms with Crippen molar-refractivity contribution in [2.24, 2.45) is 4.99 Å². The van der Waals surface area contributed by atoms with Crippen molar-refractivity contribution < 1.29 is 4.42 Å². The first-order valence-corrected chi connectivity index (χ1v) is 9.20. The first kappa shape index (κ1) is 21.5. The van der Waals surface area contributed by atoms with Crippen molar-refractivity contribution >= 4 is 29.9 Å². The number of nitrogens with zero attached hydrogens (tertiary/aromatic N) is 5. The molecule has 0 aliphatic carbocycles. The van der Waals surface area contributed by atoms with Crippen LogP contribution in [-0.2, 0) is 13.1 Å². The molecule has 0 aliphatic heterocycles. The Kier molecular flexibility index (Phi) is 7.55. The van der Waals surface area contributed by atoms with Gasteiger partial charge in [0.25, 0.3) is 0 Å². The minimum Gasteiger partial charge on any atom is -0.444 e. The van der Waals surface area contributed by atoms with Gasteiger partial charge in [-0.1, -0.05) is 30.3 Å². The molecule has 154 valence electrons. The molecule has 4 aromatic rings. The Labute approximate surface area is 191 Å². The minimum absolute atomic E-state index is 0. The molecule has 2 aromatic heterocycles. The van der Waals surface area contributed by atoms with E-state index in [1.54, 1.807) is 24.3 Å². The lowest BCUT2D eigenvalue weighted by Gasteiger charge is -2.11. The molecule has 0 fully saturated rings. The Bertz CT molecular complexity index is 1060. The maximum absolute atomic E-state index is 5.56. The van der Waals surface area contributed by atoms with Crippen LogP contribution in [0.1, 0.15) is 11.3 Å². The largest absolute Gasteiger partial charge is 0.444 e. The summed E-state index contributed by atoms with van der Waals surface area (Å²) in [6.45, 7) is 1.16. The summed E-state index contributed by atoms with van der Waals surface area (Å²) in [5, 5.41) is 10.7. The van der Waals surface area contributed by atoms with Crippen molar-refractivity contribution in [3.05, 3.63) is 84.8 Å². The molecule has 2 N–H and O–H groups in total. The third-order valence-electron chi connectivity index (χ3n) is 4.31. The molecule has 0 unspecified atom stereocenters. The van der Waals surface area contributed by atoms with Gasteiger partial charge < -0.3 is 15.1 Å². The van der Waals surface area contributed by atoms with E-state index in [2.05, 4.69) is 30.7 Å². The summed E-state index contributed by atoms with van der Waals surface area (Å²) in [6.07, 6.45) is 4.85. The molecule has 0 atom stereocenters. The van der Waals surface area contributed by atoms with Gasteiger partial charge in [-0.25, -0.2) is 14.6 Å². The van der Waals surface area contributed by atoms with E-state index in [0.717, 1.165) is 22.5 Å². The number of benzene rings is 2. The quantitative estimate of drug-likeness (QED) is 0.232. The Morgan fingerprint density at radius 1 is 1.03 bits per heavy atom. The highest BCUT2D eigenvalue weighted by Gasteiger charge is 2.07. The van der Waals surface area contributed by atoms with E-state index in [1.165, 1.54) is 6.33 Å². The molecule has 30 heavy (non-hydrogen) atoms. The van der Waals surface area contributed by atoms with Gasteiger partial charge in [-0.15, -0.1) is 24.0 Å². The van der Waals surface area contributed by atoms with Gasteiger partial charge in [0.15, 0.2) is 5.96 Å². The van der Waals surface area contributed by atoms with Crippen LogP contribution in [0.4, 0.5) is 0 Å². The first-order valence-electron chi connectivity index (χ1n) is 9.20. The number of hydrogen-bond donors (Lipinski definition) is 2. The van der Waals surface area contributed by atoms with Gasteiger partial charge in [0.05, 0.1) is 17.9 Å². The molecular formula is C21H22IN7O. The molecule has 0 saturated heterocycles. The smallest absolute Gasteiger partial charge is 0.226 e. The predicted molar refractivity (Wildman–Crippen MR) is 126 cm³/mol. The molecule has 0 saturated carbocycles. The van der Waals surface area contributed by atoms with Crippen LogP contribution in [0.25, 0.3) is 17.1 Å². The number of hydrogen-bond acceptors (Lipinski definition) is 5. The number of aliphatic imine (C=N–C) groups is 1. The number of aromatic nitrogens is 4. The highest BCUT2D eigenvalue weighted by Crippen LogP contribution is 2.17. The maximum atomic E-state index is 5.56. The number of guanidine groups is 1. The van der Waals surface area contributed by atoms with E-state index in [0.29, 0.717) is 24.9 Å². The molecule has 0 spiro atoms. The van der Waals surface area contributed by atoms with Gasteiger partial charge in [0, 0.05) is 19.2 Å². The summed E-state index contributed by atoms with van der Waals surface area (Å²) in [4.78, 5) is 12.7. The predicted octanol–water partition coefficient (Wildman–Crippen LogP) is 3.41. The van der Waals surface area contributed by atoms with Gasteiger partial charge in [-0.05, 0) is 29.8 Å². The summed E-state index contributed by atoms with van der Waals surface area (Å²) in [7, 11) is 1.74. The van der Waals surface area contributed by atoms with E-state index in [-0.39, 0.29) is 24.0 Å². The van der Waals surface area contributed by atoms with Crippen LogP contribution in [0, 0.1) is 0 Å². The molecule has 8 nitrogen and oxygen atoms in total. The summed E-state index contributed by atoms with van der Waals surface area (Å²) >= 11 is 0. The number of nitrogens with one attached hydrogen (secondary N) is 2. The van der Waals surface area contributed by atoms with Crippen LogP contribution >= 0.6 is 24.0 Å². The zero-order chi connectivity index (χ0) is 19.9. The Balaban J connectivity index is 0.00000256. The average Bonchev–Trinajstić information content (AvgIpc) is 3.47. The van der Waals surface area contributed by atoms with Crippen LogP contribution < -0.4 is 10.6 Å². The minimum atomic E-state index is 0. The standard InChI is InChI=1S/C21H21N7O.HI/c1-22-21(24-11-16-7-9-19(10-8-16)28-15-23-14-26-28)25-12-18-13-29-20(27-18)17-5-3-2-4-6-17;/h2-10,13-15H,11-12H2,1H3,(H2,22,24,25);1H. The number of oxazole rings is 1. The van der Waals surface area contributed by atoms with Crippen molar-refractivity contribution in [3.8, 4) is 17.1 Å². The molecule has 4 rings (SSSR count). The highest BCUT2D eigenvalue weighted by atomic mass is 127. The Morgan fingerprint density at radius 3 is 2.50 bits per heavy atom. The summed E-state index contributed by atoms with van der Waals surface area (Å²) in [5.41, 5.74) is 3.86. The summed E-state index contributed by atoms with van der Waals surface area (Å²) < 4.78 is 7.29. The van der Waals surface area contributed by atoms with Crippen molar-refractivity contribution in [2.45, 2.75) is 13.1 Å². The van der Waals surface area contributed by atoms with Crippen LogP contribution in [-0.4, -0.2) is 32.8 Å². The lowest BCUT2D eigenvalue weighted by molar-refractivity contribution is 0.572. The topological polar surface area (TPSA) is 93.2 Å². The first-order chi connectivity index (χ1) is 14.3. The second-order valence-electron chi connectivity index (χ2n) is 6.30. The van der Waals surface area contributed by atoms with Gasteiger partial charge >= 0.3 is 0 Å². The molecule has 9 heteroatoms. The lowest BCUT2D eigenvalue weighted by atomic mass is 10.2. The van der Waals surface area contributed by atoms with E-state index >= 15 is 0 Å². The molecule has 2 aromatic carbocycles. The van der Waals surface area contributed by atoms with Crippen LogP contribution in [0.5, 0.6) is 0 Å². The van der Waals surface area contributed by atoms with E-state index in [1.807, 2.05) is 54.6 Å². The Hall–Kier alpha value is -3.21. The van der Waals surface area contributed by atoms with Gasteiger partial charge in [0.2, 0.25) is 5.89 Å². The lowest BCUT2D eigenvalue weighted by Crippen LogP contribution is -2.36. The molecule has 0 bridgehead atoms. The fourth-order valence-corrected chi connectivity index (χ4v) is 2.79. The number of halogens is 1.